The lowest BCUT2D eigenvalue weighted by Crippen LogP contribution is -2.26. The van der Waals surface area contributed by atoms with E-state index in [1.165, 1.54) is 10.9 Å². The molecule has 0 amide bonds. The molecule has 33 heavy (non-hydrogen) atoms. The van der Waals surface area contributed by atoms with Crippen molar-refractivity contribution >= 4 is 50.6 Å². The van der Waals surface area contributed by atoms with Gasteiger partial charge in [-0.1, -0.05) is 41.4 Å². The first kappa shape index (κ1) is 24.9. The van der Waals surface area contributed by atoms with E-state index in [2.05, 4.69) is 21.0 Å². The van der Waals surface area contributed by atoms with Gasteiger partial charge >= 0.3 is 5.97 Å². The summed E-state index contributed by atoms with van der Waals surface area (Å²) in [4.78, 5) is 30.0. The van der Waals surface area contributed by atoms with Gasteiger partial charge in [-0.3, -0.25) is 4.79 Å². The number of carbonyl (C=O) groups excluding carboxylic acids is 1. The van der Waals surface area contributed by atoms with Crippen molar-refractivity contribution in [2.75, 3.05) is 6.61 Å². The summed E-state index contributed by atoms with van der Waals surface area (Å²) >= 11 is 9.59. The van der Waals surface area contributed by atoms with E-state index in [1.807, 2.05) is 19.9 Å². The molecule has 9 heteroatoms. The van der Waals surface area contributed by atoms with Crippen molar-refractivity contribution in [1.82, 2.24) is 9.66 Å². The first-order chi connectivity index (χ1) is 15.7. The van der Waals surface area contributed by atoms with E-state index in [-0.39, 0.29) is 18.1 Å². The quantitative estimate of drug-likeness (QED) is 0.280. The van der Waals surface area contributed by atoms with Crippen molar-refractivity contribution in [1.29, 1.82) is 0 Å². The number of rotatable bonds is 8. The predicted octanol–water partition coefficient (Wildman–Crippen LogP) is 5.54. The summed E-state index contributed by atoms with van der Waals surface area (Å²) in [5.74, 6) is 0.466. The topological polar surface area (TPSA) is 82.8 Å². The first-order valence-corrected chi connectivity index (χ1v) is 11.8. The number of aromatic nitrogens is 2. The smallest absolute Gasteiger partial charge is 0.347 e. The normalized spacial score (nSPS) is 13.3. The molecule has 0 radical (unpaired) electrons. The SMILES string of the molecule is CCOC(=O)[C@H](C)Oc1ccc(Cl)cc1C=Nn1c([C@@H](C)CC)nc2ccc(Br)cc2c1=O. The minimum absolute atomic E-state index is 0.00168. The van der Waals surface area contributed by atoms with Crippen molar-refractivity contribution in [3.8, 4) is 5.75 Å². The molecule has 0 spiro atoms. The molecular formula is C24H25BrClN3O4. The summed E-state index contributed by atoms with van der Waals surface area (Å²) in [5, 5.41) is 5.37. The summed E-state index contributed by atoms with van der Waals surface area (Å²) in [5.41, 5.74) is 0.840. The molecule has 0 N–H and O–H groups in total. The van der Waals surface area contributed by atoms with Gasteiger partial charge in [0.2, 0.25) is 0 Å². The molecule has 0 bridgehead atoms. The van der Waals surface area contributed by atoms with Gasteiger partial charge in [-0.05, 0) is 56.7 Å². The number of hydrogen-bond donors (Lipinski definition) is 0. The zero-order valence-corrected chi connectivity index (χ0v) is 21.2. The number of fused-ring (bicyclic) bond motifs is 1. The highest BCUT2D eigenvalue weighted by Crippen LogP contribution is 2.24. The lowest BCUT2D eigenvalue weighted by molar-refractivity contribution is -0.150. The Morgan fingerprint density at radius 3 is 2.70 bits per heavy atom. The second kappa shape index (κ2) is 10.9. The van der Waals surface area contributed by atoms with Gasteiger partial charge in [0.25, 0.3) is 5.56 Å². The Morgan fingerprint density at radius 2 is 2.00 bits per heavy atom. The summed E-state index contributed by atoms with van der Waals surface area (Å²) in [6, 6.07) is 10.3. The van der Waals surface area contributed by atoms with Crippen molar-refractivity contribution in [3.63, 3.8) is 0 Å². The van der Waals surface area contributed by atoms with Gasteiger partial charge in [-0.2, -0.15) is 9.78 Å². The van der Waals surface area contributed by atoms with E-state index >= 15 is 0 Å². The van der Waals surface area contributed by atoms with Crippen molar-refractivity contribution < 1.29 is 14.3 Å². The molecule has 0 aliphatic rings. The molecule has 1 heterocycles. The molecule has 1 aromatic heterocycles. The average Bonchev–Trinajstić information content (AvgIpc) is 2.79. The van der Waals surface area contributed by atoms with Crippen LogP contribution in [0.4, 0.5) is 0 Å². The van der Waals surface area contributed by atoms with Gasteiger partial charge in [0, 0.05) is 21.0 Å². The van der Waals surface area contributed by atoms with Crippen molar-refractivity contribution in [3.05, 3.63) is 67.6 Å². The van der Waals surface area contributed by atoms with Gasteiger partial charge < -0.3 is 9.47 Å². The number of esters is 1. The van der Waals surface area contributed by atoms with Gasteiger partial charge in [0.05, 0.1) is 23.7 Å². The van der Waals surface area contributed by atoms with Gasteiger partial charge in [-0.25, -0.2) is 9.78 Å². The molecule has 0 unspecified atom stereocenters. The number of ether oxygens (including phenoxy) is 2. The van der Waals surface area contributed by atoms with E-state index < -0.39 is 12.1 Å². The first-order valence-electron chi connectivity index (χ1n) is 10.6. The zero-order chi connectivity index (χ0) is 24.1. The van der Waals surface area contributed by atoms with Crippen LogP contribution in [0, 0.1) is 0 Å². The monoisotopic (exact) mass is 533 g/mol. The minimum Gasteiger partial charge on any atom is -0.478 e. The predicted molar refractivity (Wildman–Crippen MR) is 134 cm³/mol. The Labute approximate surface area is 205 Å². The van der Waals surface area contributed by atoms with Crippen LogP contribution >= 0.6 is 27.5 Å². The van der Waals surface area contributed by atoms with Crippen LogP contribution in [-0.4, -0.2) is 34.6 Å². The summed E-state index contributed by atoms with van der Waals surface area (Å²) in [6.45, 7) is 7.61. The molecule has 2 aromatic carbocycles. The lowest BCUT2D eigenvalue weighted by atomic mass is 10.1. The standard InChI is InChI=1S/C24H25BrClN3O4/c1-5-14(3)22-28-20-9-7-17(25)12-19(20)23(30)29(22)27-13-16-11-18(26)8-10-21(16)33-15(4)24(31)32-6-2/h7-15H,5-6H2,1-4H3/t14-,15-/m0/s1. The molecular weight excluding hydrogens is 510 g/mol. The number of benzene rings is 2. The van der Waals surface area contributed by atoms with Gasteiger partial charge in [0.15, 0.2) is 6.10 Å². The van der Waals surface area contributed by atoms with Crippen LogP contribution in [0.1, 0.15) is 51.4 Å². The molecule has 0 saturated heterocycles. The molecule has 0 fully saturated rings. The number of carbonyl (C=O) groups is 1. The second-order valence-corrected chi connectivity index (χ2v) is 8.85. The maximum absolute atomic E-state index is 13.3. The number of hydrogen-bond acceptors (Lipinski definition) is 6. The van der Waals surface area contributed by atoms with E-state index in [9.17, 15) is 9.59 Å². The average molecular weight is 535 g/mol. The highest BCUT2D eigenvalue weighted by molar-refractivity contribution is 9.10. The van der Waals surface area contributed by atoms with E-state index in [1.54, 1.807) is 44.2 Å². The third kappa shape index (κ3) is 5.81. The van der Waals surface area contributed by atoms with Crippen LogP contribution < -0.4 is 10.3 Å². The van der Waals surface area contributed by atoms with E-state index in [4.69, 9.17) is 26.1 Å². The second-order valence-electron chi connectivity index (χ2n) is 7.50. The highest BCUT2D eigenvalue weighted by Gasteiger charge is 2.18. The Morgan fingerprint density at radius 1 is 1.24 bits per heavy atom. The molecule has 0 saturated carbocycles. The summed E-state index contributed by atoms with van der Waals surface area (Å²) < 4.78 is 12.9. The van der Waals surface area contributed by atoms with Crippen molar-refractivity contribution in [2.45, 2.75) is 46.1 Å². The van der Waals surface area contributed by atoms with E-state index in [0.29, 0.717) is 33.1 Å². The molecule has 2 atom stereocenters. The molecule has 0 aliphatic carbocycles. The third-order valence-corrected chi connectivity index (χ3v) is 5.82. The third-order valence-electron chi connectivity index (χ3n) is 5.09. The fraction of sp³-hybridized carbons (Fsp3) is 0.333. The van der Waals surface area contributed by atoms with Gasteiger partial charge in [0.1, 0.15) is 11.6 Å². The maximum Gasteiger partial charge on any atom is 0.347 e. The highest BCUT2D eigenvalue weighted by atomic mass is 79.9. The fourth-order valence-corrected chi connectivity index (χ4v) is 3.67. The van der Waals surface area contributed by atoms with Crippen molar-refractivity contribution in [2.24, 2.45) is 5.10 Å². The summed E-state index contributed by atoms with van der Waals surface area (Å²) in [6.07, 6.45) is 1.45. The Kier molecular flexibility index (Phi) is 8.26. The van der Waals surface area contributed by atoms with E-state index in [0.717, 1.165) is 10.9 Å². The summed E-state index contributed by atoms with van der Waals surface area (Å²) in [7, 11) is 0. The fourth-order valence-electron chi connectivity index (χ4n) is 3.12. The van der Waals surface area contributed by atoms with Crippen LogP contribution in [0.15, 0.2) is 50.8 Å². The van der Waals surface area contributed by atoms with Crippen LogP contribution in [0.25, 0.3) is 10.9 Å². The van der Waals surface area contributed by atoms with Crippen LogP contribution in [-0.2, 0) is 9.53 Å². The molecule has 7 nitrogen and oxygen atoms in total. The zero-order valence-electron chi connectivity index (χ0n) is 18.8. The van der Waals surface area contributed by atoms with Crippen LogP contribution in [0.2, 0.25) is 5.02 Å². The Balaban J connectivity index is 2.08. The Hall–Kier alpha value is -2.71. The molecule has 0 aliphatic heterocycles. The molecule has 174 valence electrons. The van der Waals surface area contributed by atoms with Crippen LogP contribution in [0.5, 0.6) is 5.75 Å². The number of nitrogens with zero attached hydrogens (tertiary/aromatic N) is 3. The van der Waals surface area contributed by atoms with Crippen LogP contribution in [0.3, 0.4) is 0 Å². The molecule has 3 aromatic rings. The lowest BCUT2D eigenvalue weighted by Gasteiger charge is -2.16. The largest absolute Gasteiger partial charge is 0.478 e. The minimum atomic E-state index is -0.823. The molecule has 3 rings (SSSR count). The number of halogens is 2. The Bertz CT molecular complexity index is 1260. The maximum atomic E-state index is 13.3. The van der Waals surface area contributed by atoms with Gasteiger partial charge in [-0.15, -0.1) is 0 Å².